The van der Waals surface area contributed by atoms with E-state index in [9.17, 15) is 9.90 Å². The first-order chi connectivity index (χ1) is 9.11. The zero-order valence-corrected chi connectivity index (χ0v) is 11.5. The Bertz CT molecular complexity index is 448. The van der Waals surface area contributed by atoms with Crippen LogP contribution in [0.1, 0.15) is 29.6 Å². The minimum atomic E-state index is -0.0872. The van der Waals surface area contributed by atoms with E-state index in [2.05, 4.69) is 10.3 Å². The quantitative estimate of drug-likeness (QED) is 0.852. The number of amides is 1. The molecule has 1 saturated carbocycles. The largest absolute Gasteiger partial charge is 0.396 e. The summed E-state index contributed by atoms with van der Waals surface area (Å²) < 4.78 is 0. The fourth-order valence-corrected chi connectivity index (χ4v) is 2.50. The number of hydrogen-bond acceptors (Lipinski definition) is 4. The number of aromatic nitrogens is 1. The highest BCUT2D eigenvalue weighted by Crippen LogP contribution is 2.25. The van der Waals surface area contributed by atoms with Crippen molar-refractivity contribution in [2.24, 2.45) is 5.92 Å². The van der Waals surface area contributed by atoms with Gasteiger partial charge in [-0.05, 0) is 25.0 Å². The molecule has 1 aromatic heterocycles. The van der Waals surface area contributed by atoms with Crippen molar-refractivity contribution in [2.45, 2.75) is 25.3 Å². The van der Waals surface area contributed by atoms with Crippen LogP contribution in [0.15, 0.2) is 18.3 Å². The molecule has 19 heavy (non-hydrogen) atoms. The molecule has 0 aliphatic heterocycles. The average Bonchev–Trinajstić information content (AvgIpc) is 2.86. The van der Waals surface area contributed by atoms with E-state index in [1.807, 2.05) is 19.0 Å². The summed E-state index contributed by atoms with van der Waals surface area (Å²) in [6.07, 6.45) is 4.64. The third-order valence-corrected chi connectivity index (χ3v) is 3.68. The average molecular weight is 263 g/mol. The molecule has 0 radical (unpaired) electrons. The molecule has 2 unspecified atom stereocenters. The highest BCUT2D eigenvalue weighted by Gasteiger charge is 2.28. The van der Waals surface area contributed by atoms with Crippen LogP contribution in [0.25, 0.3) is 0 Å². The topological polar surface area (TPSA) is 65.5 Å². The Labute approximate surface area is 113 Å². The summed E-state index contributed by atoms with van der Waals surface area (Å²) in [7, 11) is 3.78. The van der Waals surface area contributed by atoms with Gasteiger partial charge in [-0.3, -0.25) is 4.79 Å². The van der Waals surface area contributed by atoms with Gasteiger partial charge in [-0.1, -0.05) is 6.42 Å². The number of aliphatic hydroxyl groups excluding tert-OH is 1. The molecule has 1 aromatic rings. The molecule has 2 rings (SSSR count). The van der Waals surface area contributed by atoms with Crippen LogP contribution < -0.4 is 10.2 Å². The van der Waals surface area contributed by atoms with Crippen molar-refractivity contribution >= 4 is 11.7 Å². The second-order valence-electron chi connectivity index (χ2n) is 5.25. The minimum Gasteiger partial charge on any atom is -0.396 e. The van der Waals surface area contributed by atoms with Crippen molar-refractivity contribution in [2.75, 3.05) is 25.6 Å². The minimum absolute atomic E-state index is 0.0872. The number of carbonyl (C=O) groups excluding carboxylic acids is 1. The molecule has 2 N–H and O–H groups in total. The molecule has 104 valence electrons. The van der Waals surface area contributed by atoms with Gasteiger partial charge in [0.25, 0.3) is 5.91 Å². The zero-order valence-electron chi connectivity index (χ0n) is 11.5. The maximum Gasteiger partial charge on any atom is 0.251 e. The molecule has 5 heteroatoms. The van der Waals surface area contributed by atoms with Crippen molar-refractivity contribution in [3.8, 4) is 0 Å². The third-order valence-electron chi connectivity index (χ3n) is 3.68. The van der Waals surface area contributed by atoms with Crippen LogP contribution in [0.4, 0.5) is 5.82 Å². The smallest absolute Gasteiger partial charge is 0.251 e. The standard InChI is InChI=1S/C14H21N3O2/c1-17(2)13-8-10(6-7-15-13)14(19)16-12-5-3-4-11(12)9-18/h6-8,11-12,18H,3-5,9H2,1-2H3,(H,16,19). The molecule has 1 heterocycles. The van der Waals surface area contributed by atoms with Crippen molar-refractivity contribution in [1.82, 2.24) is 10.3 Å². The number of rotatable bonds is 4. The number of anilines is 1. The van der Waals surface area contributed by atoms with Gasteiger partial charge in [0, 0.05) is 44.4 Å². The van der Waals surface area contributed by atoms with Crippen LogP contribution in [-0.4, -0.2) is 42.7 Å². The number of nitrogens with zero attached hydrogens (tertiary/aromatic N) is 2. The lowest BCUT2D eigenvalue weighted by molar-refractivity contribution is 0.0916. The van der Waals surface area contributed by atoms with Gasteiger partial charge < -0.3 is 15.3 Å². The molecule has 0 aromatic carbocycles. The van der Waals surface area contributed by atoms with E-state index in [-0.39, 0.29) is 24.5 Å². The first-order valence-corrected chi connectivity index (χ1v) is 6.67. The number of carbonyl (C=O) groups is 1. The van der Waals surface area contributed by atoms with Crippen molar-refractivity contribution in [3.05, 3.63) is 23.9 Å². The van der Waals surface area contributed by atoms with E-state index in [0.29, 0.717) is 5.56 Å². The van der Waals surface area contributed by atoms with Crippen molar-refractivity contribution in [1.29, 1.82) is 0 Å². The van der Waals surface area contributed by atoms with Crippen molar-refractivity contribution in [3.63, 3.8) is 0 Å². The monoisotopic (exact) mass is 263 g/mol. The van der Waals surface area contributed by atoms with Crippen LogP contribution in [0.3, 0.4) is 0 Å². The van der Waals surface area contributed by atoms with Crippen LogP contribution in [0.5, 0.6) is 0 Å². The predicted octanol–water partition coefficient (Wildman–Crippen LogP) is 1.04. The van der Waals surface area contributed by atoms with Gasteiger partial charge >= 0.3 is 0 Å². The summed E-state index contributed by atoms with van der Waals surface area (Å²) in [5.41, 5.74) is 0.613. The molecular formula is C14H21N3O2. The first kappa shape index (κ1) is 13.8. The highest BCUT2D eigenvalue weighted by atomic mass is 16.3. The molecule has 1 aliphatic carbocycles. The van der Waals surface area contributed by atoms with Gasteiger partial charge in [0.05, 0.1) is 0 Å². The van der Waals surface area contributed by atoms with Crippen LogP contribution in [-0.2, 0) is 0 Å². The van der Waals surface area contributed by atoms with E-state index >= 15 is 0 Å². The fourth-order valence-electron chi connectivity index (χ4n) is 2.50. The summed E-state index contributed by atoms with van der Waals surface area (Å²) in [4.78, 5) is 18.3. The maximum atomic E-state index is 12.2. The molecule has 0 bridgehead atoms. The van der Waals surface area contributed by atoms with Crippen LogP contribution >= 0.6 is 0 Å². The Morgan fingerprint density at radius 1 is 1.53 bits per heavy atom. The maximum absolute atomic E-state index is 12.2. The van der Waals surface area contributed by atoms with E-state index in [4.69, 9.17) is 0 Å². The van der Waals surface area contributed by atoms with Gasteiger partial charge in [-0.15, -0.1) is 0 Å². The molecule has 0 saturated heterocycles. The highest BCUT2D eigenvalue weighted by molar-refractivity contribution is 5.95. The number of aliphatic hydroxyl groups is 1. The Morgan fingerprint density at radius 3 is 3.00 bits per heavy atom. The van der Waals surface area contributed by atoms with Gasteiger partial charge in [0.15, 0.2) is 0 Å². The number of hydrogen-bond donors (Lipinski definition) is 2. The third kappa shape index (κ3) is 3.23. The van der Waals surface area contributed by atoms with Crippen molar-refractivity contribution < 1.29 is 9.90 Å². The molecular weight excluding hydrogens is 242 g/mol. The Kier molecular flexibility index (Phi) is 4.37. The lowest BCUT2D eigenvalue weighted by Crippen LogP contribution is -2.38. The second-order valence-corrected chi connectivity index (χ2v) is 5.25. The summed E-state index contributed by atoms with van der Waals surface area (Å²) >= 11 is 0. The van der Waals surface area contributed by atoms with E-state index in [1.54, 1.807) is 18.3 Å². The Morgan fingerprint density at radius 2 is 2.32 bits per heavy atom. The molecule has 2 atom stereocenters. The second kappa shape index (κ2) is 6.02. The fraction of sp³-hybridized carbons (Fsp3) is 0.571. The van der Waals surface area contributed by atoms with E-state index in [1.165, 1.54) is 0 Å². The lowest BCUT2D eigenvalue weighted by Gasteiger charge is -2.19. The molecule has 1 fully saturated rings. The van der Waals surface area contributed by atoms with Gasteiger partial charge in [-0.2, -0.15) is 0 Å². The van der Waals surface area contributed by atoms with Gasteiger partial charge in [0.1, 0.15) is 5.82 Å². The Hall–Kier alpha value is -1.62. The SMILES string of the molecule is CN(C)c1cc(C(=O)NC2CCCC2CO)ccn1. The lowest BCUT2D eigenvalue weighted by atomic mass is 10.0. The summed E-state index contributed by atoms with van der Waals surface area (Å²) in [5, 5.41) is 12.3. The normalized spacial score (nSPS) is 22.3. The van der Waals surface area contributed by atoms with Gasteiger partial charge in [0.2, 0.25) is 0 Å². The molecule has 1 amide bonds. The van der Waals surface area contributed by atoms with E-state index in [0.717, 1.165) is 25.1 Å². The van der Waals surface area contributed by atoms with Crippen LogP contribution in [0, 0.1) is 5.92 Å². The van der Waals surface area contributed by atoms with E-state index < -0.39 is 0 Å². The molecule has 0 spiro atoms. The summed E-state index contributed by atoms with van der Waals surface area (Å²) in [5.74, 6) is 0.868. The summed E-state index contributed by atoms with van der Waals surface area (Å²) in [6.45, 7) is 0.143. The zero-order chi connectivity index (χ0) is 13.8. The van der Waals surface area contributed by atoms with Gasteiger partial charge in [-0.25, -0.2) is 4.98 Å². The molecule has 5 nitrogen and oxygen atoms in total. The predicted molar refractivity (Wildman–Crippen MR) is 74.2 cm³/mol. The first-order valence-electron chi connectivity index (χ1n) is 6.67. The van der Waals surface area contributed by atoms with Crippen LogP contribution in [0.2, 0.25) is 0 Å². The number of pyridine rings is 1. The summed E-state index contributed by atoms with van der Waals surface area (Å²) in [6, 6.07) is 3.58. The Balaban J connectivity index is 2.05. The molecule has 1 aliphatic rings. The number of nitrogens with one attached hydrogen (secondary N) is 1.